The summed E-state index contributed by atoms with van der Waals surface area (Å²) in [6, 6.07) is 19.7. The average Bonchev–Trinajstić information content (AvgIpc) is 3.24. The lowest BCUT2D eigenvalue weighted by Gasteiger charge is -2.24. The number of benzene rings is 3. The normalized spacial score (nSPS) is 13.7. The van der Waals surface area contributed by atoms with E-state index in [1.165, 1.54) is 18.2 Å². The summed E-state index contributed by atoms with van der Waals surface area (Å²) < 4.78 is 27.9. The number of carbonyl (C=O) groups excluding carboxylic acids is 2. The van der Waals surface area contributed by atoms with Crippen molar-refractivity contribution in [2.24, 2.45) is 0 Å². The molecule has 2 amide bonds. The van der Waals surface area contributed by atoms with Crippen molar-refractivity contribution in [2.45, 2.75) is 24.7 Å². The first-order chi connectivity index (χ1) is 16.2. The fourth-order valence-corrected chi connectivity index (χ4v) is 5.36. The molecule has 0 aliphatic carbocycles. The summed E-state index contributed by atoms with van der Waals surface area (Å²) in [5, 5.41) is 3.09. The number of rotatable bonds is 7. The first-order valence-electron chi connectivity index (χ1n) is 10.8. The third kappa shape index (κ3) is 5.24. The standard InChI is InChI=1S/C25H24ClN3O4S/c1-18-7-13-23(14-8-18)34(32,33)29(22-5-2-4-19(26)16-22)17-24(30)27-20-9-11-21(12-10-20)28-15-3-6-25(28)31/h2,4-5,7-14,16H,3,6,15,17H2,1H3,(H,27,30). The van der Waals surface area contributed by atoms with Crippen LogP contribution in [0.3, 0.4) is 0 Å². The van der Waals surface area contributed by atoms with Crippen LogP contribution in [0, 0.1) is 6.92 Å². The van der Waals surface area contributed by atoms with E-state index in [2.05, 4.69) is 5.32 Å². The molecule has 1 aliphatic rings. The van der Waals surface area contributed by atoms with E-state index >= 15 is 0 Å². The van der Waals surface area contributed by atoms with E-state index in [0.717, 1.165) is 22.0 Å². The van der Waals surface area contributed by atoms with Crippen molar-refractivity contribution in [3.8, 4) is 0 Å². The minimum Gasteiger partial charge on any atom is -0.325 e. The Kier molecular flexibility index (Phi) is 6.90. The first kappa shape index (κ1) is 23.8. The van der Waals surface area contributed by atoms with Crippen LogP contribution in [0.25, 0.3) is 0 Å². The van der Waals surface area contributed by atoms with Crippen molar-refractivity contribution < 1.29 is 18.0 Å². The molecule has 1 N–H and O–H groups in total. The van der Waals surface area contributed by atoms with Crippen molar-refractivity contribution >= 4 is 50.5 Å². The lowest BCUT2D eigenvalue weighted by molar-refractivity contribution is -0.117. The van der Waals surface area contributed by atoms with E-state index in [9.17, 15) is 18.0 Å². The molecule has 3 aromatic rings. The predicted octanol–water partition coefficient (Wildman–Crippen LogP) is 4.61. The number of amides is 2. The summed E-state index contributed by atoms with van der Waals surface area (Å²) in [4.78, 5) is 26.6. The molecule has 176 valence electrons. The average molecular weight is 498 g/mol. The summed E-state index contributed by atoms with van der Waals surface area (Å²) in [7, 11) is -4.03. The number of carbonyl (C=O) groups is 2. The van der Waals surface area contributed by atoms with E-state index in [1.54, 1.807) is 59.5 Å². The van der Waals surface area contributed by atoms with Gasteiger partial charge in [-0.25, -0.2) is 8.42 Å². The molecule has 4 rings (SSSR count). The smallest absolute Gasteiger partial charge is 0.264 e. The van der Waals surface area contributed by atoms with Crippen molar-refractivity contribution in [1.29, 1.82) is 0 Å². The molecule has 1 heterocycles. The van der Waals surface area contributed by atoms with Crippen LogP contribution < -0.4 is 14.5 Å². The first-order valence-corrected chi connectivity index (χ1v) is 12.6. The van der Waals surface area contributed by atoms with Gasteiger partial charge in [-0.2, -0.15) is 0 Å². The van der Waals surface area contributed by atoms with Crippen molar-refractivity contribution in [3.63, 3.8) is 0 Å². The zero-order valence-electron chi connectivity index (χ0n) is 18.6. The Hall–Kier alpha value is -3.36. The summed E-state index contributed by atoms with van der Waals surface area (Å²) >= 11 is 6.10. The van der Waals surface area contributed by atoms with Crippen molar-refractivity contribution in [3.05, 3.63) is 83.4 Å². The zero-order valence-corrected chi connectivity index (χ0v) is 20.1. The number of anilines is 3. The maximum atomic E-state index is 13.4. The minimum absolute atomic E-state index is 0.0745. The highest BCUT2D eigenvalue weighted by atomic mass is 35.5. The van der Waals surface area contributed by atoms with Crippen LogP contribution in [0.4, 0.5) is 17.1 Å². The Morgan fingerprint density at radius 2 is 1.76 bits per heavy atom. The lowest BCUT2D eigenvalue weighted by atomic mass is 10.2. The molecular weight excluding hydrogens is 474 g/mol. The Balaban J connectivity index is 1.56. The van der Waals surface area contributed by atoms with Crippen LogP contribution in [0.5, 0.6) is 0 Å². The molecule has 34 heavy (non-hydrogen) atoms. The van der Waals surface area contributed by atoms with Crippen LogP contribution >= 0.6 is 11.6 Å². The van der Waals surface area contributed by atoms with Crippen LogP contribution in [-0.4, -0.2) is 33.3 Å². The Morgan fingerprint density at radius 3 is 2.38 bits per heavy atom. The highest BCUT2D eigenvalue weighted by Gasteiger charge is 2.27. The van der Waals surface area contributed by atoms with Gasteiger partial charge in [-0.05, 0) is 67.9 Å². The molecule has 0 radical (unpaired) electrons. The minimum atomic E-state index is -4.03. The second-order valence-electron chi connectivity index (χ2n) is 8.05. The van der Waals surface area contributed by atoms with Gasteiger partial charge in [-0.1, -0.05) is 35.4 Å². The highest BCUT2D eigenvalue weighted by molar-refractivity contribution is 7.92. The summed E-state index contributed by atoms with van der Waals surface area (Å²) in [5.74, 6) is -0.434. The molecule has 0 unspecified atom stereocenters. The topological polar surface area (TPSA) is 86.8 Å². The number of halogens is 1. The summed E-state index contributed by atoms with van der Waals surface area (Å²) in [5.41, 5.74) is 2.47. The van der Waals surface area contributed by atoms with E-state index in [0.29, 0.717) is 23.7 Å². The van der Waals surface area contributed by atoms with Gasteiger partial charge < -0.3 is 10.2 Å². The quantitative estimate of drug-likeness (QED) is 0.516. The molecule has 0 atom stereocenters. The molecule has 0 bridgehead atoms. The van der Waals surface area contributed by atoms with Crippen LogP contribution in [0.15, 0.2) is 77.7 Å². The van der Waals surface area contributed by atoms with Gasteiger partial charge in [0.15, 0.2) is 0 Å². The largest absolute Gasteiger partial charge is 0.325 e. The molecule has 0 saturated carbocycles. The van der Waals surface area contributed by atoms with E-state index in [1.807, 2.05) is 6.92 Å². The lowest BCUT2D eigenvalue weighted by Crippen LogP contribution is -2.38. The SMILES string of the molecule is Cc1ccc(S(=O)(=O)N(CC(=O)Nc2ccc(N3CCCC3=O)cc2)c2cccc(Cl)c2)cc1. The molecule has 1 fully saturated rings. The van der Waals surface area contributed by atoms with Gasteiger partial charge in [-0.3, -0.25) is 13.9 Å². The van der Waals surface area contributed by atoms with Gasteiger partial charge in [0.2, 0.25) is 11.8 Å². The Morgan fingerprint density at radius 1 is 1.06 bits per heavy atom. The zero-order chi connectivity index (χ0) is 24.3. The Bertz CT molecular complexity index is 1310. The molecule has 0 aromatic heterocycles. The van der Waals surface area contributed by atoms with Gasteiger partial charge in [0.1, 0.15) is 6.54 Å². The van der Waals surface area contributed by atoms with Crippen LogP contribution in [0.1, 0.15) is 18.4 Å². The van der Waals surface area contributed by atoms with Crippen molar-refractivity contribution in [2.75, 3.05) is 27.6 Å². The number of nitrogens with one attached hydrogen (secondary N) is 1. The monoisotopic (exact) mass is 497 g/mol. The van der Waals surface area contributed by atoms with Gasteiger partial charge in [-0.15, -0.1) is 0 Å². The number of hydrogen-bond donors (Lipinski definition) is 1. The van der Waals surface area contributed by atoms with E-state index < -0.39 is 22.5 Å². The fraction of sp³-hybridized carbons (Fsp3) is 0.200. The van der Waals surface area contributed by atoms with Crippen LogP contribution in [0.2, 0.25) is 5.02 Å². The van der Waals surface area contributed by atoms with Gasteiger partial charge >= 0.3 is 0 Å². The molecule has 7 nitrogen and oxygen atoms in total. The predicted molar refractivity (Wildman–Crippen MR) is 134 cm³/mol. The summed E-state index contributed by atoms with van der Waals surface area (Å²) in [6.45, 7) is 2.10. The molecule has 3 aromatic carbocycles. The molecule has 0 spiro atoms. The van der Waals surface area contributed by atoms with E-state index in [4.69, 9.17) is 11.6 Å². The number of nitrogens with zero attached hydrogens (tertiary/aromatic N) is 2. The van der Waals surface area contributed by atoms with Crippen molar-refractivity contribution in [1.82, 2.24) is 0 Å². The number of sulfonamides is 1. The number of hydrogen-bond acceptors (Lipinski definition) is 4. The molecule has 1 aliphatic heterocycles. The van der Waals surface area contributed by atoms with Gasteiger partial charge in [0, 0.05) is 29.4 Å². The van der Waals surface area contributed by atoms with Crippen LogP contribution in [-0.2, 0) is 19.6 Å². The Labute approximate surface area is 204 Å². The van der Waals surface area contributed by atoms with E-state index in [-0.39, 0.29) is 16.5 Å². The summed E-state index contributed by atoms with van der Waals surface area (Å²) in [6.07, 6.45) is 1.36. The maximum absolute atomic E-state index is 13.4. The maximum Gasteiger partial charge on any atom is 0.264 e. The van der Waals surface area contributed by atoms with Gasteiger partial charge in [0.05, 0.1) is 10.6 Å². The molecular formula is C25H24ClN3O4S. The third-order valence-corrected chi connectivity index (χ3v) is 7.55. The molecule has 1 saturated heterocycles. The fourth-order valence-electron chi connectivity index (χ4n) is 3.76. The second-order valence-corrected chi connectivity index (χ2v) is 10.3. The highest BCUT2D eigenvalue weighted by Crippen LogP contribution is 2.27. The van der Waals surface area contributed by atoms with Gasteiger partial charge in [0.25, 0.3) is 10.0 Å². The number of aryl methyl sites for hydroxylation is 1. The molecule has 9 heteroatoms. The second kappa shape index (κ2) is 9.87. The third-order valence-electron chi connectivity index (χ3n) is 5.53.